The number of methoxy groups -OCH3 is 1. The van der Waals surface area contributed by atoms with Gasteiger partial charge in [-0.05, 0) is 70.1 Å². The number of hydroxylamine groups is 1. The van der Waals surface area contributed by atoms with E-state index >= 15 is 0 Å². The molecule has 1 atom stereocenters. The van der Waals surface area contributed by atoms with Crippen LogP contribution < -0.4 is 24.8 Å². The Hall–Kier alpha value is -4.41. The fourth-order valence-corrected chi connectivity index (χ4v) is 5.20. The number of rotatable bonds is 12. The van der Waals surface area contributed by atoms with E-state index in [4.69, 9.17) is 9.47 Å². The van der Waals surface area contributed by atoms with Crippen LogP contribution in [0.4, 0.5) is 17.1 Å². The fourth-order valence-electron chi connectivity index (χ4n) is 5.20. The van der Waals surface area contributed by atoms with Crippen LogP contribution in [0.15, 0.2) is 77.8 Å². The van der Waals surface area contributed by atoms with E-state index in [9.17, 15) is 14.8 Å². The van der Waals surface area contributed by atoms with Gasteiger partial charge in [-0.3, -0.25) is 19.8 Å². The Morgan fingerprint density at radius 3 is 2.38 bits per heavy atom. The van der Waals surface area contributed by atoms with Crippen LogP contribution in [-0.4, -0.2) is 74.2 Å². The van der Waals surface area contributed by atoms with Crippen LogP contribution in [-0.2, 0) is 4.79 Å². The lowest BCUT2D eigenvalue weighted by molar-refractivity contribution is -0.115. The molecule has 1 unspecified atom stereocenters. The molecule has 2 aromatic rings. The number of amides is 2. The molecule has 0 bridgehead atoms. The first kappa shape index (κ1) is 41.6. The number of carbonyl (C=O) groups is 2. The quantitative estimate of drug-likeness (QED) is 0.103. The molecule has 2 amide bonds. The van der Waals surface area contributed by atoms with Crippen LogP contribution >= 0.6 is 0 Å². The molecule has 48 heavy (non-hydrogen) atoms. The second-order valence-electron chi connectivity index (χ2n) is 10.3. The van der Waals surface area contributed by atoms with Gasteiger partial charge in [-0.25, -0.2) is 5.06 Å². The molecule has 1 saturated heterocycles. The molecule has 264 valence electrons. The molecule has 1 fully saturated rings. The Labute approximate surface area is 288 Å². The topological polar surface area (TPSA) is 107 Å². The molecule has 0 saturated carbocycles. The molecule has 2 aliphatic rings. The summed E-state index contributed by atoms with van der Waals surface area (Å²) in [6.07, 6.45) is 10.6. The van der Waals surface area contributed by atoms with Gasteiger partial charge >= 0.3 is 0 Å². The number of allylic oxidation sites excluding steroid dienone is 4. The number of aliphatic imine (C=N–C) groups is 1. The first-order valence-electron chi connectivity index (χ1n) is 17.0. The largest absolute Gasteiger partial charge is 0.494 e. The minimum Gasteiger partial charge on any atom is -0.494 e. The van der Waals surface area contributed by atoms with E-state index in [2.05, 4.69) is 16.9 Å². The van der Waals surface area contributed by atoms with Crippen LogP contribution in [0.25, 0.3) is 0 Å². The number of carbonyl (C=O) groups excluding carboxylic acids is 2. The lowest BCUT2D eigenvalue weighted by Gasteiger charge is -2.30. The lowest BCUT2D eigenvalue weighted by atomic mass is 10.0. The van der Waals surface area contributed by atoms with Crippen molar-refractivity contribution in [2.75, 3.05) is 50.5 Å². The number of benzene rings is 2. The average molecular weight is 664 g/mol. The monoisotopic (exact) mass is 663 g/mol. The maximum absolute atomic E-state index is 13.3. The number of ether oxygens (including phenoxy) is 2. The molecule has 10 heteroatoms. The molecule has 2 heterocycles. The Morgan fingerprint density at radius 2 is 1.79 bits per heavy atom. The van der Waals surface area contributed by atoms with Crippen molar-refractivity contribution in [2.45, 2.75) is 73.8 Å². The minimum absolute atomic E-state index is 0.102. The van der Waals surface area contributed by atoms with Gasteiger partial charge in [0, 0.05) is 37.1 Å². The van der Waals surface area contributed by atoms with Crippen LogP contribution in [0.5, 0.6) is 11.5 Å². The van der Waals surface area contributed by atoms with E-state index < -0.39 is 5.54 Å². The highest BCUT2D eigenvalue weighted by atomic mass is 16.6. The van der Waals surface area contributed by atoms with Crippen molar-refractivity contribution < 1.29 is 24.3 Å². The molecule has 4 rings (SSSR count). The summed E-state index contributed by atoms with van der Waals surface area (Å²) >= 11 is 0. The van der Waals surface area contributed by atoms with Gasteiger partial charge in [0.05, 0.1) is 23.9 Å². The zero-order valence-electron chi connectivity index (χ0n) is 30.7. The smallest absolute Gasteiger partial charge is 0.256 e. The third kappa shape index (κ3) is 10.3. The summed E-state index contributed by atoms with van der Waals surface area (Å²) in [5.41, 5.74) is 2.12. The average Bonchev–Trinajstić information content (AvgIpc) is 3.49. The maximum Gasteiger partial charge on any atom is 0.256 e. The standard InChI is InChI=1S/C32H39N5O5.3C2H6/c1-6-8-9-11-23(20-33-4)30(38)35(7-2)24-12-14-25(15-13-24)42-22-37(40)28-19-27-26(18-29(28)41-5)31(39)36-17-10-16-32(36,3)21-34-27;3*1-2/h6,8-9,11-15,18-19,21,33,40H,1,7,10,16-17,20,22H2,2-5H3;3*1-2H3/b9-8-,23-11+;;;. The predicted octanol–water partition coefficient (Wildman–Crippen LogP) is 7.96. The predicted molar refractivity (Wildman–Crippen MR) is 199 cm³/mol. The van der Waals surface area contributed by atoms with E-state index in [0.717, 1.165) is 23.6 Å². The highest BCUT2D eigenvalue weighted by molar-refractivity contribution is 6.06. The minimum atomic E-state index is -0.428. The Morgan fingerprint density at radius 1 is 1.12 bits per heavy atom. The van der Waals surface area contributed by atoms with Crippen molar-refractivity contribution in [3.05, 3.63) is 78.4 Å². The summed E-state index contributed by atoms with van der Waals surface area (Å²) in [7, 11) is 3.28. The van der Waals surface area contributed by atoms with Gasteiger partial charge in [-0.1, -0.05) is 72.4 Å². The third-order valence-electron chi connectivity index (χ3n) is 7.46. The summed E-state index contributed by atoms with van der Waals surface area (Å²) in [6, 6.07) is 10.3. The van der Waals surface area contributed by atoms with Crippen molar-refractivity contribution >= 4 is 35.1 Å². The number of likely N-dealkylation sites (N-methyl/N-ethyl adjacent to an activating group) is 2. The van der Waals surface area contributed by atoms with Crippen molar-refractivity contribution in [2.24, 2.45) is 4.99 Å². The van der Waals surface area contributed by atoms with Gasteiger partial charge in [-0.15, -0.1) is 0 Å². The first-order valence-corrected chi connectivity index (χ1v) is 17.0. The molecular formula is C38H57N5O5. The fraction of sp³-hybridized carbons (Fsp3) is 0.447. The SMILES string of the molecule is C=C/C=C\C=C(/CNC)C(=O)N(CC)c1ccc(OCN(O)c2cc3c(cc2OC)C(=O)N2CCCC2(C)C=N3)cc1.CC.CC.CC. The van der Waals surface area contributed by atoms with E-state index in [0.29, 0.717) is 53.6 Å². The Kier molecular flexibility index (Phi) is 18.6. The lowest BCUT2D eigenvalue weighted by Crippen LogP contribution is -2.45. The molecule has 10 nitrogen and oxygen atoms in total. The molecule has 0 aliphatic carbocycles. The first-order chi connectivity index (χ1) is 23.3. The second-order valence-corrected chi connectivity index (χ2v) is 10.3. The number of hydrogen-bond acceptors (Lipinski definition) is 8. The van der Waals surface area contributed by atoms with E-state index in [-0.39, 0.29) is 18.5 Å². The van der Waals surface area contributed by atoms with Crippen LogP contribution in [0.3, 0.4) is 0 Å². The van der Waals surface area contributed by atoms with E-state index in [1.54, 1.807) is 72.6 Å². The van der Waals surface area contributed by atoms with Crippen molar-refractivity contribution in [1.29, 1.82) is 0 Å². The van der Waals surface area contributed by atoms with Gasteiger partial charge in [0.15, 0.2) is 6.73 Å². The summed E-state index contributed by atoms with van der Waals surface area (Å²) in [6.45, 7) is 21.0. The molecule has 2 aliphatic heterocycles. The number of nitrogens with one attached hydrogen (secondary N) is 1. The molecule has 0 spiro atoms. The normalized spacial score (nSPS) is 16.1. The van der Waals surface area contributed by atoms with Crippen molar-refractivity contribution in [3.63, 3.8) is 0 Å². The molecule has 2 aromatic carbocycles. The van der Waals surface area contributed by atoms with Gasteiger partial charge in [0.1, 0.15) is 17.2 Å². The van der Waals surface area contributed by atoms with Crippen LogP contribution in [0, 0.1) is 0 Å². The highest BCUT2D eigenvalue weighted by Crippen LogP contribution is 2.40. The Bertz CT molecular complexity index is 1400. The summed E-state index contributed by atoms with van der Waals surface area (Å²) in [5, 5.41) is 14.9. The van der Waals surface area contributed by atoms with Gasteiger partial charge in [0.2, 0.25) is 0 Å². The van der Waals surface area contributed by atoms with Crippen LogP contribution in [0.2, 0.25) is 0 Å². The number of hydrogen-bond donors (Lipinski definition) is 2. The zero-order chi connectivity index (χ0) is 36.3. The summed E-state index contributed by atoms with van der Waals surface area (Å²) in [4.78, 5) is 34.7. The van der Waals surface area contributed by atoms with Gasteiger partial charge < -0.3 is 24.6 Å². The van der Waals surface area contributed by atoms with Gasteiger partial charge in [-0.2, -0.15) is 0 Å². The third-order valence-corrected chi connectivity index (χ3v) is 7.46. The number of nitrogens with zero attached hydrogens (tertiary/aromatic N) is 4. The molecule has 2 N–H and O–H groups in total. The van der Waals surface area contributed by atoms with Crippen LogP contribution in [0.1, 0.15) is 78.6 Å². The zero-order valence-corrected chi connectivity index (χ0v) is 30.7. The summed E-state index contributed by atoms with van der Waals surface area (Å²) in [5.74, 6) is 0.611. The summed E-state index contributed by atoms with van der Waals surface area (Å²) < 4.78 is 11.4. The molecule has 0 radical (unpaired) electrons. The maximum atomic E-state index is 13.3. The number of fused-ring (bicyclic) bond motifs is 2. The second kappa shape index (κ2) is 21.5. The Balaban J connectivity index is 0.00000182. The van der Waals surface area contributed by atoms with Crippen molar-refractivity contribution in [1.82, 2.24) is 10.2 Å². The van der Waals surface area contributed by atoms with E-state index in [1.807, 2.05) is 66.5 Å². The highest BCUT2D eigenvalue weighted by Gasteiger charge is 2.41. The number of anilines is 2. The molecular weight excluding hydrogens is 606 g/mol. The van der Waals surface area contributed by atoms with Crippen molar-refractivity contribution in [3.8, 4) is 11.5 Å². The molecule has 0 aromatic heterocycles. The van der Waals surface area contributed by atoms with E-state index in [1.165, 1.54) is 7.11 Å². The van der Waals surface area contributed by atoms with Gasteiger partial charge in [0.25, 0.3) is 11.8 Å².